The smallest absolute Gasteiger partial charge is 0.306 e. The highest BCUT2D eigenvalue weighted by Crippen LogP contribution is 2.45. The van der Waals surface area contributed by atoms with Gasteiger partial charge in [-0.15, -0.1) is 11.3 Å². The van der Waals surface area contributed by atoms with Crippen molar-refractivity contribution in [2.24, 2.45) is 11.3 Å². The minimum Gasteiger partial charge on any atom is -0.481 e. The zero-order chi connectivity index (χ0) is 24.6. The van der Waals surface area contributed by atoms with Crippen molar-refractivity contribution >= 4 is 33.4 Å². The Kier molecular flexibility index (Phi) is 6.24. The summed E-state index contributed by atoms with van der Waals surface area (Å²) < 4.78 is 3.25. The van der Waals surface area contributed by atoms with Crippen LogP contribution in [0.15, 0.2) is 72.2 Å². The molecule has 5 nitrogen and oxygen atoms in total. The van der Waals surface area contributed by atoms with Gasteiger partial charge >= 0.3 is 5.97 Å². The van der Waals surface area contributed by atoms with E-state index in [1.807, 2.05) is 23.6 Å². The number of hydrogen-bond acceptors (Lipinski definition) is 3. The number of benzene rings is 2. The molecule has 1 amide bonds. The van der Waals surface area contributed by atoms with Crippen LogP contribution in [0.2, 0.25) is 0 Å². The van der Waals surface area contributed by atoms with E-state index >= 15 is 0 Å². The van der Waals surface area contributed by atoms with E-state index in [2.05, 4.69) is 65.5 Å². The van der Waals surface area contributed by atoms with Crippen LogP contribution >= 0.6 is 11.3 Å². The summed E-state index contributed by atoms with van der Waals surface area (Å²) in [5.74, 6) is -1.16. The van der Waals surface area contributed by atoms with Crippen molar-refractivity contribution < 1.29 is 14.7 Å². The number of carboxylic acids is 1. The van der Waals surface area contributed by atoms with E-state index in [4.69, 9.17) is 0 Å². The lowest BCUT2D eigenvalue weighted by atomic mass is 9.63. The number of carboxylic acid groups (broad SMARTS) is 1. The molecule has 2 aromatic carbocycles. The van der Waals surface area contributed by atoms with Gasteiger partial charge in [-0.25, -0.2) is 0 Å². The van der Waals surface area contributed by atoms with Gasteiger partial charge in [-0.05, 0) is 47.4 Å². The summed E-state index contributed by atoms with van der Waals surface area (Å²) in [6, 6.07) is 21.1. The van der Waals surface area contributed by atoms with Gasteiger partial charge in [-0.2, -0.15) is 0 Å². The van der Waals surface area contributed by atoms with Crippen LogP contribution in [-0.4, -0.2) is 27.6 Å². The third-order valence-corrected chi connectivity index (χ3v) is 8.12. The molecule has 1 saturated carbocycles. The number of aromatic nitrogens is 1. The van der Waals surface area contributed by atoms with Crippen LogP contribution in [-0.2, 0) is 11.3 Å². The number of nitrogens with one attached hydrogen (secondary N) is 1. The summed E-state index contributed by atoms with van der Waals surface area (Å²) in [4.78, 5) is 24.4. The number of aliphatic carboxylic acids is 1. The Morgan fingerprint density at radius 1 is 1.09 bits per heavy atom. The van der Waals surface area contributed by atoms with Gasteiger partial charge in [0.05, 0.1) is 21.7 Å². The summed E-state index contributed by atoms with van der Waals surface area (Å²) in [6.45, 7) is 4.57. The summed E-state index contributed by atoms with van der Waals surface area (Å²) >= 11 is 1.59. The van der Waals surface area contributed by atoms with E-state index in [1.165, 1.54) is 16.7 Å². The van der Waals surface area contributed by atoms with Crippen LogP contribution in [0, 0.1) is 11.3 Å². The fraction of sp³-hybridized carbons (Fsp3) is 0.310. The van der Waals surface area contributed by atoms with Gasteiger partial charge in [0, 0.05) is 24.2 Å². The van der Waals surface area contributed by atoms with Gasteiger partial charge < -0.3 is 15.0 Å². The number of fused-ring (bicyclic) bond motifs is 1. The molecular weight excluding hydrogens is 456 g/mol. The zero-order valence-corrected chi connectivity index (χ0v) is 20.8. The number of rotatable bonds is 8. The molecule has 2 N–H and O–H groups in total. The molecule has 6 heteroatoms. The van der Waals surface area contributed by atoms with Gasteiger partial charge in [0.2, 0.25) is 0 Å². The predicted molar refractivity (Wildman–Crippen MR) is 141 cm³/mol. The lowest BCUT2D eigenvalue weighted by molar-refractivity contribution is -0.143. The third-order valence-electron chi connectivity index (χ3n) is 7.18. The SMILES string of the molecule is C[C@@H](C[C@]1(C)C[C@H](NC(=O)c2csc3ccn(Cc4ccc(-c5ccccc5)cc4)c23)C1)C(=O)O. The number of thiophene rings is 1. The van der Waals surface area contributed by atoms with Gasteiger partial charge in [-0.3, -0.25) is 9.59 Å². The Balaban J connectivity index is 1.26. The zero-order valence-electron chi connectivity index (χ0n) is 20.0. The molecular formula is C29H30N2O3S. The van der Waals surface area contributed by atoms with Crippen molar-refractivity contribution in [3.05, 3.63) is 83.4 Å². The highest BCUT2D eigenvalue weighted by Gasteiger charge is 2.42. The molecule has 4 aromatic rings. The average molecular weight is 487 g/mol. The maximum Gasteiger partial charge on any atom is 0.306 e. The van der Waals surface area contributed by atoms with Crippen molar-refractivity contribution in [1.29, 1.82) is 0 Å². The van der Waals surface area contributed by atoms with E-state index in [1.54, 1.807) is 18.3 Å². The topological polar surface area (TPSA) is 71.3 Å². The molecule has 35 heavy (non-hydrogen) atoms. The predicted octanol–water partition coefficient (Wildman–Crippen LogP) is 6.43. The van der Waals surface area contributed by atoms with Crippen LogP contribution in [0.4, 0.5) is 0 Å². The molecule has 1 aliphatic carbocycles. The van der Waals surface area contributed by atoms with E-state index in [-0.39, 0.29) is 23.3 Å². The molecule has 1 fully saturated rings. The minimum absolute atomic E-state index is 0.0220. The van der Waals surface area contributed by atoms with Gasteiger partial charge in [0.15, 0.2) is 0 Å². The largest absolute Gasteiger partial charge is 0.481 e. The summed E-state index contributed by atoms with van der Waals surface area (Å²) in [7, 11) is 0. The molecule has 2 heterocycles. The Labute approximate surface area is 209 Å². The van der Waals surface area contributed by atoms with Gasteiger partial charge in [0.1, 0.15) is 0 Å². The number of nitrogens with zero attached hydrogens (tertiary/aromatic N) is 1. The minimum atomic E-state index is -0.755. The second kappa shape index (κ2) is 9.34. The molecule has 1 atom stereocenters. The van der Waals surface area contributed by atoms with Gasteiger partial charge in [0.25, 0.3) is 5.91 Å². The monoisotopic (exact) mass is 486 g/mol. The van der Waals surface area contributed by atoms with E-state index in [9.17, 15) is 14.7 Å². The lowest BCUT2D eigenvalue weighted by Gasteiger charge is -2.46. The first-order valence-corrected chi connectivity index (χ1v) is 12.9. The third kappa shape index (κ3) is 4.89. The molecule has 0 bridgehead atoms. The van der Waals surface area contributed by atoms with Crippen LogP contribution < -0.4 is 5.32 Å². The van der Waals surface area contributed by atoms with Crippen molar-refractivity contribution in [3.8, 4) is 11.1 Å². The van der Waals surface area contributed by atoms with Crippen LogP contribution in [0.3, 0.4) is 0 Å². The summed E-state index contributed by atoms with van der Waals surface area (Å²) in [6.07, 6.45) is 4.33. The van der Waals surface area contributed by atoms with Crippen LogP contribution in [0.25, 0.3) is 21.3 Å². The first-order chi connectivity index (χ1) is 16.8. The molecule has 0 aliphatic heterocycles. The van der Waals surface area contributed by atoms with E-state index in [0.29, 0.717) is 18.5 Å². The first-order valence-electron chi connectivity index (χ1n) is 12.1. The normalized spacial score (nSPS) is 20.3. The molecule has 5 rings (SSSR count). The Hall–Kier alpha value is -3.38. The molecule has 0 unspecified atom stereocenters. The molecule has 0 spiro atoms. The molecule has 180 valence electrons. The maximum absolute atomic E-state index is 13.2. The molecule has 2 aromatic heterocycles. The van der Waals surface area contributed by atoms with Crippen LogP contribution in [0.5, 0.6) is 0 Å². The Morgan fingerprint density at radius 3 is 2.46 bits per heavy atom. The second-order valence-electron chi connectivity index (χ2n) is 10.2. The first kappa shape index (κ1) is 23.4. The highest BCUT2D eigenvalue weighted by atomic mass is 32.1. The molecule has 0 saturated heterocycles. The fourth-order valence-electron chi connectivity index (χ4n) is 5.42. The van der Waals surface area contributed by atoms with E-state index in [0.717, 1.165) is 23.1 Å². The van der Waals surface area contributed by atoms with Crippen molar-refractivity contribution in [3.63, 3.8) is 0 Å². The van der Waals surface area contributed by atoms with Crippen molar-refractivity contribution in [2.75, 3.05) is 0 Å². The fourth-order valence-corrected chi connectivity index (χ4v) is 6.37. The standard InChI is InChI=1S/C29H30N2O3S/c1-19(28(33)34)14-29(2)15-23(16-29)30-27(32)24-18-35-25-12-13-31(26(24)25)17-20-8-10-22(11-9-20)21-6-4-3-5-7-21/h3-13,18-19,23H,14-17H2,1-2H3,(H,30,32)(H,33,34)/t19-,23-,29+/m0/s1. The Morgan fingerprint density at radius 2 is 1.77 bits per heavy atom. The quantitative estimate of drug-likeness (QED) is 0.302. The average Bonchev–Trinajstić information content (AvgIpc) is 3.42. The van der Waals surface area contributed by atoms with Gasteiger partial charge in [-0.1, -0.05) is 68.4 Å². The van der Waals surface area contributed by atoms with E-state index < -0.39 is 5.97 Å². The summed E-state index contributed by atoms with van der Waals surface area (Å²) in [5, 5.41) is 14.3. The highest BCUT2D eigenvalue weighted by molar-refractivity contribution is 7.17. The number of hydrogen-bond donors (Lipinski definition) is 2. The van der Waals surface area contributed by atoms with Crippen LogP contribution in [0.1, 0.15) is 49.0 Å². The van der Waals surface area contributed by atoms with Crippen molar-refractivity contribution in [1.82, 2.24) is 9.88 Å². The second-order valence-corrected chi connectivity index (χ2v) is 11.1. The van der Waals surface area contributed by atoms with Crippen molar-refractivity contribution in [2.45, 2.75) is 45.7 Å². The Bertz CT molecular complexity index is 1350. The maximum atomic E-state index is 13.2. The molecule has 0 radical (unpaired) electrons. The lowest BCUT2D eigenvalue weighted by Crippen LogP contribution is -2.50. The number of carbonyl (C=O) groups excluding carboxylic acids is 1. The summed E-state index contributed by atoms with van der Waals surface area (Å²) in [5.41, 5.74) is 5.23. The number of carbonyl (C=O) groups is 2. The number of amides is 1. The molecule has 1 aliphatic rings.